The molecule has 0 bridgehead atoms. The van der Waals surface area contributed by atoms with Crippen LogP contribution in [0.4, 0.5) is 6.01 Å². The van der Waals surface area contributed by atoms with E-state index in [1.54, 1.807) is 18.2 Å². The number of benzene rings is 2. The summed E-state index contributed by atoms with van der Waals surface area (Å²) in [7, 11) is -3.94. The van der Waals surface area contributed by atoms with Crippen LogP contribution in [-0.2, 0) is 10.0 Å². The number of ether oxygens (including phenoxy) is 4. The molecule has 3 aromatic rings. The van der Waals surface area contributed by atoms with Gasteiger partial charge < -0.3 is 23.4 Å². The number of nitrogens with zero attached hydrogens (tertiary/aromatic N) is 2. The quantitative estimate of drug-likeness (QED) is 0.714. The van der Waals surface area contributed by atoms with Crippen molar-refractivity contribution in [2.75, 3.05) is 18.3 Å². The summed E-state index contributed by atoms with van der Waals surface area (Å²) in [6, 6.07) is 9.09. The molecule has 0 saturated heterocycles. The summed E-state index contributed by atoms with van der Waals surface area (Å²) in [5.74, 6) is 2.13. The van der Waals surface area contributed by atoms with Gasteiger partial charge in [-0.1, -0.05) is 5.10 Å². The molecule has 3 heterocycles. The number of rotatable bonds is 4. The van der Waals surface area contributed by atoms with Gasteiger partial charge in [0.15, 0.2) is 23.0 Å². The highest BCUT2D eigenvalue weighted by Crippen LogP contribution is 2.36. The van der Waals surface area contributed by atoms with Crippen LogP contribution < -0.4 is 23.7 Å². The van der Waals surface area contributed by atoms with Crippen molar-refractivity contribution in [2.24, 2.45) is 0 Å². The largest absolute Gasteiger partial charge is 0.454 e. The van der Waals surface area contributed by atoms with Gasteiger partial charge in [-0.2, -0.15) is 0 Å². The van der Waals surface area contributed by atoms with Crippen molar-refractivity contribution in [1.82, 2.24) is 10.2 Å². The summed E-state index contributed by atoms with van der Waals surface area (Å²) >= 11 is 0. The zero-order chi connectivity index (χ0) is 18.4. The minimum atomic E-state index is -3.94. The Kier molecular flexibility index (Phi) is 3.37. The summed E-state index contributed by atoms with van der Waals surface area (Å²) in [4.78, 5) is -0.0189. The number of fused-ring (bicyclic) bond motifs is 2. The molecule has 2 aliphatic rings. The van der Waals surface area contributed by atoms with E-state index in [1.807, 2.05) is 0 Å². The average Bonchev–Trinajstić information content (AvgIpc) is 3.40. The third kappa shape index (κ3) is 2.77. The summed E-state index contributed by atoms with van der Waals surface area (Å²) in [6.45, 7) is 0.192. The van der Waals surface area contributed by atoms with Crippen LogP contribution in [0, 0.1) is 0 Å². The standard InChI is InChI=1S/C16H11N3O7S/c20-27(21,10-2-4-12-14(6-10)25-8-23-12)19-16-18-17-15(26-16)9-1-3-11-13(5-9)24-7-22-11/h1-6H,7-8H2,(H,18,19). The van der Waals surface area contributed by atoms with E-state index in [0.29, 0.717) is 28.6 Å². The smallest absolute Gasteiger partial charge is 0.330 e. The second-order valence-corrected chi connectivity index (χ2v) is 7.28. The molecule has 138 valence electrons. The Morgan fingerprint density at radius 2 is 1.48 bits per heavy atom. The molecule has 10 nitrogen and oxygen atoms in total. The van der Waals surface area contributed by atoms with Gasteiger partial charge in [-0.3, -0.25) is 0 Å². The molecular weight excluding hydrogens is 378 g/mol. The predicted octanol–water partition coefficient (Wildman–Crippen LogP) is 1.99. The lowest BCUT2D eigenvalue weighted by molar-refractivity contribution is 0.173. The number of hydrogen-bond acceptors (Lipinski definition) is 9. The molecule has 0 spiro atoms. The zero-order valence-corrected chi connectivity index (χ0v) is 14.4. The molecule has 1 aromatic heterocycles. The van der Waals surface area contributed by atoms with Crippen molar-refractivity contribution >= 4 is 16.0 Å². The lowest BCUT2D eigenvalue weighted by Gasteiger charge is -2.05. The maximum Gasteiger partial charge on any atom is 0.330 e. The SMILES string of the molecule is O=S(=O)(Nc1nnc(-c2ccc3c(c2)OCO3)o1)c1ccc2c(c1)OCO2. The fraction of sp³-hybridized carbons (Fsp3) is 0.125. The molecule has 5 rings (SSSR count). The minimum absolute atomic E-state index is 0.0189. The van der Waals surface area contributed by atoms with Gasteiger partial charge in [0, 0.05) is 11.6 Å². The van der Waals surface area contributed by atoms with Crippen molar-refractivity contribution < 1.29 is 31.8 Å². The maximum atomic E-state index is 12.5. The van der Waals surface area contributed by atoms with Crippen LogP contribution in [0.3, 0.4) is 0 Å². The molecule has 0 radical (unpaired) electrons. The highest BCUT2D eigenvalue weighted by atomic mass is 32.2. The number of anilines is 1. The molecule has 2 aliphatic heterocycles. The van der Waals surface area contributed by atoms with Gasteiger partial charge in [0.1, 0.15) is 0 Å². The van der Waals surface area contributed by atoms with Crippen molar-refractivity contribution in [3.8, 4) is 34.5 Å². The number of nitrogens with one attached hydrogen (secondary N) is 1. The van der Waals surface area contributed by atoms with E-state index in [1.165, 1.54) is 18.2 Å². The predicted molar refractivity (Wildman–Crippen MR) is 89.2 cm³/mol. The van der Waals surface area contributed by atoms with Crippen molar-refractivity contribution in [3.63, 3.8) is 0 Å². The van der Waals surface area contributed by atoms with Crippen LogP contribution in [-0.4, -0.2) is 32.2 Å². The molecule has 0 saturated carbocycles. The highest BCUT2D eigenvalue weighted by molar-refractivity contribution is 7.92. The third-order valence-corrected chi connectivity index (χ3v) is 5.24. The molecule has 0 unspecified atom stereocenters. The summed E-state index contributed by atoms with van der Waals surface area (Å²) in [5, 5.41) is 7.60. The van der Waals surface area contributed by atoms with Crippen molar-refractivity contribution in [2.45, 2.75) is 4.90 Å². The molecule has 0 aliphatic carbocycles. The van der Waals surface area contributed by atoms with E-state index >= 15 is 0 Å². The first-order chi connectivity index (χ1) is 13.1. The minimum Gasteiger partial charge on any atom is -0.454 e. The van der Waals surface area contributed by atoms with Gasteiger partial charge in [0.25, 0.3) is 10.0 Å². The summed E-state index contributed by atoms with van der Waals surface area (Å²) < 4.78 is 53.6. The third-order valence-electron chi connectivity index (χ3n) is 3.92. The topological polar surface area (TPSA) is 122 Å². The monoisotopic (exact) mass is 389 g/mol. The Labute approximate surface area is 152 Å². The van der Waals surface area contributed by atoms with Gasteiger partial charge in [0.05, 0.1) is 4.90 Å². The Hall–Kier alpha value is -3.47. The van der Waals surface area contributed by atoms with Gasteiger partial charge in [0.2, 0.25) is 19.5 Å². The van der Waals surface area contributed by atoms with Crippen LogP contribution in [0.5, 0.6) is 23.0 Å². The highest BCUT2D eigenvalue weighted by Gasteiger charge is 2.23. The van der Waals surface area contributed by atoms with E-state index in [9.17, 15) is 8.42 Å². The van der Waals surface area contributed by atoms with Crippen molar-refractivity contribution in [3.05, 3.63) is 36.4 Å². The molecule has 0 amide bonds. The van der Waals surface area contributed by atoms with E-state index in [2.05, 4.69) is 14.9 Å². The normalized spacial score (nSPS) is 14.4. The fourth-order valence-electron chi connectivity index (χ4n) is 2.63. The second-order valence-electron chi connectivity index (χ2n) is 5.60. The Morgan fingerprint density at radius 1 is 0.815 bits per heavy atom. The lowest BCUT2D eigenvalue weighted by atomic mass is 10.2. The van der Waals surface area contributed by atoms with Gasteiger partial charge >= 0.3 is 6.01 Å². The van der Waals surface area contributed by atoms with Crippen LogP contribution in [0.2, 0.25) is 0 Å². The average molecular weight is 389 g/mol. The first-order valence-electron chi connectivity index (χ1n) is 7.74. The molecule has 0 atom stereocenters. The number of sulfonamides is 1. The Bertz CT molecular complexity index is 1140. The second kappa shape index (κ2) is 5.77. The lowest BCUT2D eigenvalue weighted by Crippen LogP contribution is -2.13. The summed E-state index contributed by atoms with van der Waals surface area (Å²) in [5.41, 5.74) is 0.570. The van der Waals surface area contributed by atoms with Crippen LogP contribution >= 0.6 is 0 Å². The number of hydrogen-bond donors (Lipinski definition) is 1. The molecule has 27 heavy (non-hydrogen) atoms. The fourth-order valence-corrected chi connectivity index (χ4v) is 3.57. The van der Waals surface area contributed by atoms with Crippen LogP contribution in [0.1, 0.15) is 0 Å². The van der Waals surface area contributed by atoms with Crippen LogP contribution in [0.15, 0.2) is 45.7 Å². The van der Waals surface area contributed by atoms with E-state index in [4.69, 9.17) is 23.4 Å². The molecular formula is C16H11N3O7S. The maximum absolute atomic E-state index is 12.5. The molecule has 1 N–H and O–H groups in total. The van der Waals surface area contributed by atoms with E-state index in [0.717, 1.165) is 0 Å². The van der Waals surface area contributed by atoms with Crippen molar-refractivity contribution in [1.29, 1.82) is 0 Å². The Balaban J connectivity index is 1.40. The number of aromatic nitrogens is 2. The van der Waals surface area contributed by atoms with E-state index < -0.39 is 10.0 Å². The van der Waals surface area contributed by atoms with E-state index in [-0.39, 0.29) is 30.4 Å². The van der Waals surface area contributed by atoms with Crippen LogP contribution in [0.25, 0.3) is 11.5 Å². The molecule has 2 aromatic carbocycles. The van der Waals surface area contributed by atoms with Gasteiger partial charge in [-0.25, -0.2) is 13.1 Å². The molecule has 0 fully saturated rings. The first-order valence-corrected chi connectivity index (χ1v) is 9.23. The first kappa shape index (κ1) is 15.8. The molecule has 11 heteroatoms. The zero-order valence-electron chi connectivity index (χ0n) is 13.5. The Morgan fingerprint density at radius 3 is 2.26 bits per heavy atom. The summed E-state index contributed by atoms with van der Waals surface area (Å²) in [6.07, 6.45) is 0. The van der Waals surface area contributed by atoms with Gasteiger partial charge in [-0.05, 0) is 30.3 Å². The van der Waals surface area contributed by atoms with Gasteiger partial charge in [-0.15, -0.1) is 5.10 Å².